The third kappa shape index (κ3) is 5.56. The summed E-state index contributed by atoms with van der Waals surface area (Å²) in [6.45, 7) is 1.99. The highest BCUT2D eigenvalue weighted by Crippen LogP contribution is 2.37. The number of likely N-dealkylation sites (N-methyl/N-ethyl adjacent to an activating group) is 1. The van der Waals surface area contributed by atoms with Crippen molar-refractivity contribution in [2.75, 3.05) is 45.7 Å². The van der Waals surface area contributed by atoms with E-state index in [0.717, 1.165) is 12.1 Å². The van der Waals surface area contributed by atoms with Crippen molar-refractivity contribution >= 4 is 11.7 Å². The molecule has 0 unspecified atom stereocenters. The molecule has 2 amide bonds. The van der Waals surface area contributed by atoms with Crippen LogP contribution in [0, 0.1) is 0 Å². The molecule has 30 heavy (non-hydrogen) atoms. The second kappa shape index (κ2) is 9.25. The molecule has 0 fully saturated rings. The maximum Gasteiger partial charge on any atom is 0.416 e. The van der Waals surface area contributed by atoms with E-state index >= 15 is 0 Å². The molecule has 0 saturated heterocycles. The molecule has 0 bridgehead atoms. The highest BCUT2D eigenvalue weighted by atomic mass is 19.4. The standard InChI is InChI=1S/C21H24F3N3O3/c1-26(2)10-11-27(14-15-6-8-16(9-7-15)21(22,23)24)20(28)25-17-4-3-5-18-19(17)30-13-12-29-18/h3-9H,10-14H2,1-2H3,(H,25,28). The smallest absolute Gasteiger partial charge is 0.416 e. The third-order valence-electron chi connectivity index (χ3n) is 4.57. The van der Waals surface area contributed by atoms with Crippen LogP contribution in [0.25, 0.3) is 0 Å². The number of anilines is 1. The van der Waals surface area contributed by atoms with Crippen molar-refractivity contribution in [3.8, 4) is 11.5 Å². The van der Waals surface area contributed by atoms with Gasteiger partial charge in [0.05, 0.1) is 11.3 Å². The van der Waals surface area contributed by atoms with Gasteiger partial charge in [-0.25, -0.2) is 4.79 Å². The number of nitrogens with one attached hydrogen (secondary N) is 1. The predicted molar refractivity (Wildman–Crippen MR) is 107 cm³/mol. The average Bonchev–Trinajstić information content (AvgIpc) is 2.71. The minimum atomic E-state index is -4.39. The van der Waals surface area contributed by atoms with E-state index in [1.165, 1.54) is 12.1 Å². The number of urea groups is 1. The molecule has 2 aromatic rings. The maximum atomic E-state index is 13.0. The number of carbonyl (C=O) groups excluding carboxylic acids is 1. The van der Waals surface area contributed by atoms with Crippen LogP contribution in [0.1, 0.15) is 11.1 Å². The number of hydrogen-bond acceptors (Lipinski definition) is 4. The number of hydrogen-bond donors (Lipinski definition) is 1. The molecule has 6 nitrogen and oxygen atoms in total. The van der Waals surface area contributed by atoms with Gasteiger partial charge in [-0.1, -0.05) is 18.2 Å². The van der Waals surface area contributed by atoms with Crippen LogP contribution in [-0.2, 0) is 12.7 Å². The lowest BCUT2D eigenvalue weighted by Gasteiger charge is -2.26. The van der Waals surface area contributed by atoms with E-state index in [0.29, 0.717) is 49.1 Å². The first-order valence-electron chi connectivity index (χ1n) is 9.49. The molecular formula is C21H24F3N3O3. The topological polar surface area (TPSA) is 54.0 Å². The summed E-state index contributed by atoms with van der Waals surface area (Å²) < 4.78 is 49.5. The number of amides is 2. The Balaban J connectivity index is 1.75. The summed E-state index contributed by atoms with van der Waals surface area (Å²) in [5.41, 5.74) is 0.370. The summed E-state index contributed by atoms with van der Waals surface area (Å²) in [7, 11) is 3.76. The van der Waals surface area contributed by atoms with E-state index in [9.17, 15) is 18.0 Å². The molecule has 1 heterocycles. The van der Waals surface area contributed by atoms with Crippen LogP contribution in [-0.4, -0.2) is 56.2 Å². The summed E-state index contributed by atoms with van der Waals surface area (Å²) in [4.78, 5) is 16.4. The Bertz CT molecular complexity index is 870. The number of rotatable bonds is 6. The molecule has 0 aliphatic carbocycles. The Morgan fingerprint density at radius 1 is 1.03 bits per heavy atom. The van der Waals surface area contributed by atoms with Gasteiger partial charge in [-0.3, -0.25) is 0 Å². The third-order valence-corrected chi connectivity index (χ3v) is 4.57. The number of nitrogens with zero attached hydrogens (tertiary/aromatic N) is 2. The predicted octanol–water partition coefficient (Wildman–Crippen LogP) is 4.07. The fourth-order valence-electron chi connectivity index (χ4n) is 2.96. The van der Waals surface area contributed by atoms with Gasteiger partial charge in [0.1, 0.15) is 13.2 Å². The number of halogens is 3. The monoisotopic (exact) mass is 423 g/mol. The fraction of sp³-hybridized carbons (Fsp3) is 0.381. The van der Waals surface area contributed by atoms with Gasteiger partial charge in [0.15, 0.2) is 11.5 Å². The summed E-state index contributed by atoms with van der Waals surface area (Å²) in [6, 6.07) is 9.68. The molecule has 0 aromatic heterocycles. The number of carbonyl (C=O) groups is 1. The van der Waals surface area contributed by atoms with Gasteiger partial charge in [0.25, 0.3) is 0 Å². The van der Waals surface area contributed by atoms with Crippen LogP contribution in [0.2, 0.25) is 0 Å². The Morgan fingerprint density at radius 2 is 1.73 bits per heavy atom. The van der Waals surface area contributed by atoms with Crippen molar-refractivity contribution in [1.29, 1.82) is 0 Å². The quantitative estimate of drug-likeness (QED) is 0.761. The number of ether oxygens (including phenoxy) is 2. The van der Waals surface area contributed by atoms with Crippen molar-refractivity contribution < 1.29 is 27.4 Å². The summed E-state index contributed by atoms with van der Waals surface area (Å²) in [6.07, 6.45) is -4.39. The number of fused-ring (bicyclic) bond motifs is 1. The molecule has 3 rings (SSSR count). The van der Waals surface area contributed by atoms with E-state index in [1.54, 1.807) is 23.1 Å². The molecule has 0 spiro atoms. The Morgan fingerprint density at radius 3 is 2.40 bits per heavy atom. The Labute approximate surface area is 173 Å². The Hall–Kier alpha value is -2.94. The molecule has 2 aromatic carbocycles. The number of benzene rings is 2. The van der Waals surface area contributed by atoms with E-state index in [1.807, 2.05) is 19.0 Å². The van der Waals surface area contributed by atoms with Gasteiger partial charge in [-0.05, 0) is 43.9 Å². The first kappa shape index (κ1) is 21.8. The van der Waals surface area contributed by atoms with Gasteiger partial charge < -0.3 is 24.6 Å². The van der Waals surface area contributed by atoms with Gasteiger partial charge in [0, 0.05) is 19.6 Å². The van der Waals surface area contributed by atoms with Crippen molar-refractivity contribution in [3.05, 3.63) is 53.6 Å². The zero-order valence-electron chi connectivity index (χ0n) is 16.8. The van der Waals surface area contributed by atoms with Crippen LogP contribution >= 0.6 is 0 Å². The number of para-hydroxylation sites is 1. The normalized spacial score (nSPS) is 13.3. The molecule has 1 aliphatic rings. The lowest BCUT2D eigenvalue weighted by molar-refractivity contribution is -0.137. The highest BCUT2D eigenvalue weighted by Gasteiger charge is 2.30. The molecule has 0 atom stereocenters. The van der Waals surface area contributed by atoms with Crippen LogP contribution in [0.3, 0.4) is 0 Å². The molecule has 9 heteroatoms. The van der Waals surface area contributed by atoms with Gasteiger partial charge in [0.2, 0.25) is 0 Å². The van der Waals surface area contributed by atoms with Crippen LogP contribution < -0.4 is 14.8 Å². The van der Waals surface area contributed by atoms with Gasteiger partial charge in [-0.2, -0.15) is 13.2 Å². The molecular weight excluding hydrogens is 399 g/mol. The van der Waals surface area contributed by atoms with Crippen LogP contribution in [0.15, 0.2) is 42.5 Å². The zero-order chi connectivity index (χ0) is 21.7. The highest BCUT2D eigenvalue weighted by molar-refractivity contribution is 5.91. The van der Waals surface area contributed by atoms with Crippen LogP contribution in [0.4, 0.5) is 23.7 Å². The minimum Gasteiger partial charge on any atom is -0.486 e. The van der Waals surface area contributed by atoms with Crippen molar-refractivity contribution in [1.82, 2.24) is 9.80 Å². The lowest BCUT2D eigenvalue weighted by Crippen LogP contribution is -2.39. The van der Waals surface area contributed by atoms with E-state index in [4.69, 9.17) is 9.47 Å². The first-order chi connectivity index (χ1) is 14.2. The second-order valence-electron chi connectivity index (χ2n) is 7.18. The second-order valence-corrected chi connectivity index (χ2v) is 7.18. The van der Waals surface area contributed by atoms with Crippen molar-refractivity contribution in [3.63, 3.8) is 0 Å². The lowest BCUT2D eigenvalue weighted by atomic mass is 10.1. The molecule has 1 N–H and O–H groups in total. The van der Waals surface area contributed by atoms with E-state index in [2.05, 4.69) is 5.32 Å². The largest absolute Gasteiger partial charge is 0.486 e. The SMILES string of the molecule is CN(C)CCN(Cc1ccc(C(F)(F)F)cc1)C(=O)Nc1cccc2c1OCCO2. The van der Waals surface area contributed by atoms with Crippen molar-refractivity contribution in [2.45, 2.75) is 12.7 Å². The molecule has 1 aliphatic heterocycles. The first-order valence-corrected chi connectivity index (χ1v) is 9.49. The summed E-state index contributed by atoms with van der Waals surface area (Å²) in [5, 5.41) is 2.83. The van der Waals surface area contributed by atoms with E-state index in [-0.39, 0.29) is 12.6 Å². The van der Waals surface area contributed by atoms with Crippen molar-refractivity contribution in [2.24, 2.45) is 0 Å². The maximum absolute atomic E-state index is 13.0. The Kier molecular flexibility index (Phi) is 6.71. The minimum absolute atomic E-state index is 0.171. The zero-order valence-corrected chi connectivity index (χ0v) is 16.8. The fourth-order valence-corrected chi connectivity index (χ4v) is 2.96. The number of alkyl halides is 3. The molecule has 162 valence electrons. The summed E-state index contributed by atoms with van der Waals surface area (Å²) in [5.74, 6) is 1.03. The molecule has 0 radical (unpaired) electrons. The van der Waals surface area contributed by atoms with E-state index < -0.39 is 11.7 Å². The average molecular weight is 423 g/mol. The summed E-state index contributed by atoms with van der Waals surface area (Å²) >= 11 is 0. The van der Waals surface area contributed by atoms with Crippen LogP contribution in [0.5, 0.6) is 11.5 Å². The van der Waals surface area contributed by atoms with Gasteiger partial charge >= 0.3 is 12.2 Å². The molecule has 0 saturated carbocycles. The van der Waals surface area contributed by atoms with Gasteiger partial charge in [-0.15, -0.1) is 0 Å².